The number of hydrogen-bond donors (Lipinski definition) is 1. The maximum Gasteiger partial charge on any atom is 0.416 e. The second-order valence-electron chi connectivity index (χ2n) is 5.72. The predicted octanol–water partition coefficient (Wildman–Crippen LogP) is 2.04. The molecule has 9 nitrogen and oxygen atoms in total. The predicted molar refractivity (Wildman–Crippen MR) is 89.3 cm³/mol. The Morgan fingerprint density at radius 1 is 1.14 bits per heavy atom. The molecular weight excluding hydrogens is 377 g/mol. The highest BCUT2D eigenvalue weighted by Gasteiger charge is 2.30. The summed E-state index contributed by atoms with van der Waals surface area (Å²) < 4.78 is 41.0. The highest BCUT2D eigenvalue weighted by molar-refractivity contribution is 6.00. The zero-order valence-electron chi connectivity index (χ0n) is 14.0. The number of nitrogens with one attached hydrogen (secondary N) is 1. The van der Waals surface area contributed by atoms with Crippen molar-refractivity contribution in [3.63, 3.8) is 0 Å². The van der Waals surface area contributed by atoms with Crippen LogP contribution in [0.4, 0.5) is 19.1 Å². The summed E-state index contributed by atoms with van der Waals surface area (Å²) in [4.78, 5) is 24.1. The Labute approximate surface area is 154 Å². The molecule has 3 heterocycles. The van der Waals surface area contributed by atoms with Crippen molar-refractivity contribution in [2.45, 2.75) is 12.7 Å². The van der Waals surface area contributed by atoms with E-state index in [9.17, 15) is 18.0 Å². The maximum absolute atomic E-state index is 12.8. The first-order valence-electron chi connectivity index (χ1n) is 7.93. The number of hydrogen-bond acceptors (Lipinski definition) is 6. The van der Waals surface area contributed by atoms with Gasteiger partial charge in [-0.3, -0.25) is 10.1 Å². The number of benzene rings is 1. The molecule has 0 atom stereocenters. The molecule has 1 aromatic carbocycles. The number of halogens is 3. The fourth-order valence-corrected chi connectivity index (χ4v) is 2.45. The van der Waals surface area contributed by atoms with E-state index in [4.69, 9.17) is 0 Å². The molecule has 3 aromatic heterocycles. The van der Waals surface area contributed by atoms with E-state index in [-0.39, 0.29) is 24.1 Å². The number of alkyl halides is 3. The van der Waals surface area contributed by atoms with Gasteiger partial charge in [-0.15, -0.1) is 10.2 Å². The quantitative estimate of drug-likeness (QED) is 0.574. The highest BCUT2D eigenvalue weighted by Crippen LogP contribution is 2.29. The van der Waals surface area contributed by atoms with Crippen LogP contribution in [0.25, 0.3) is 5.78 Å². The summed E-state index contributed by atoms with van der Waals surface area (Å²) in [6.07, 6.45) is -0.0150. The molecule has 0 aliphatic heterocycles. The number of carbonyl (C=O) groups is 1. The van der Waals surface area contributed by atoms with E-state index in [0.717, 1.165) is 12.1 Å². The molecule has 0 bridgehead atoms. The molecule has 12 heteroatoms. The van der Waals surface area contributed by atoms with Gasteiger partial charge in [0.15, 0.2) is 0 Å². The minimum Gasteiger partial charge on any atom is -0.286 e. The average molecular weight is 388 g/mol. The topological polar surface area (TPSA) is 103 Å². The molecule has 0 unspecified atom stereocenters. The molecule has 4 aromatic rings. The Kier molecular flexibility index (Phi) is 4.22. The minimum absolute atomic E-state index is 0.0243. The van der Waals surface area contributed by atoms with E-state index in [1.54, 1.807) is 18.3 Å². The Balaban J connectivity index is 1.46. The van der Waals surface area contributed by atoms with Gasteiger partial charge < -0.3 is 0 Å². The zero-order valence-corrected chi connectivity index (χ0v) is 14.0. The summed E-state index contributed by atoms with van der Waals surface area (Å²) in [6.45, 7) is 0.0589. The van der Waals surface area contributed by atoms with Gasteiger partial charge in [-0.2, -0.15) is 18.2 Å². The summed E-state index contributed by atoms with van der Waals surface area (Å²) in [5, 5.41) is 10.4. The van der Waals surface area contributed by atoms with Crippen molar-refractivity contribution < 1.29 is 18.0 Å². The third-order valence-corrected chi connectivity index (χ3v) is 3.68. The van der Waals surface area contributed by atoms with Crippen molar-refractivity contribution in [3.8, 4) is 0 Å². The lowest BCUT2D eigenvalue weighted by atomic mass is 10.1. The van der Waals surface area contributed by atoms with Gasteiger partial charge in [0.1, 0.15) is 6.33 Å². The standard InChI is InChI=1S/C16H11F3N8O/c17-16(18,19)11-4-1-3-10(7-11)8-26-9-21-14(25-26)23-13(28)12-22-15-20-5-2-6-27(15)24-12/h1-7,9H,8H2,(H,23,25,28). The first-order chi connectivity index (χ1) is 13.4. The lowest BCUT2D eigenvalue weighted by molar-refractivity contribution is -0.137. The van der Waals surface area contributed by atoms with Crippen LogP contribution in [-0.4, -0.2) is 40.3 Å². The van der Waals surface area contributed by atoms with Gasteiger partial charge in [-0.1, -0.05) is 12.1 Å². The minimum atomic E-state index is -4.42. The van der Waals surface area contributed by atoms with Crippen LogP contribution in [0, 0.1) is 0 Å². The third kappa shape index (κ3) is 3.65. The smallest absolute Gasteiger partial charge is 0.286 e. The normalized spacial score (nSPS) is 11.7. The Morgan fingerprint density at radius 2 is 2.00 bits per heavy atom. The number of amides is 1. The van der Waals surface area contributed by atoms with Gasteiger partial charge in [0.25, 0.3) is 11.7 Å². The molecule has 0 aliphatic rings. The van der Waals surface area contributed by atoms with Gasteiger partial charge in [-0.25, -0.2) is 19.2 Å². The molecule has 1 N–H and O–H groups in total. The van der Waals surface area contributed by atoms with Crippen molar-refractivity contribution >= 4 is 17.6 Å². The molecule has 4 rings (SSSR count). The first-order valence-corrected chi connectivity index (χ1v) is 7.93. The van der Waals surface area contributed by atoms with Gasteiger partial charge in [0, 0.05) is 12.4 Å². The molecule has 0 spiro atoms. The molecule has 0 aliphatic carbocycles. The Bertz CT molecular complexity index is 1120. The van der Waals surface area contributed by atoms with E-state index in [1.165, 1.54) is 27.8 Å². The number of fused-ring (bicyclic) bond motifs is 1. The SMILES string of the molecule is O=C(Nc1ncn(Cc2cccc(C(F)(F)F)c2)n1)c1nc2ncccn2n1. The van der Waals surface area contributed by atoms with Crippen molar-refractivity contribution in [2.75, 3.05) is 5.32 Å². The van der Waals surface area contributed by atoms with Crippen LogP contribution in [-0.2, 0) is 12.7 Å². The molecule has 1 amide bonds. The van der Waals surface area contributed by atoms with E-state index in [2.05, 4.69) is 30.5 Å². The van der Waals surface area contributed by atoms with E-state index < -0.39 is 17.6 Å². The summed E-state index contributed by atoms with van der Waals surface area (Å²) in [7, 11) is 0. The fraction of sp³-hybridized carbons (Fsp3) is 0.125. The zero-order chi connectivity index (χ0) is 19.7. The fourth-order valence-electron chi connectivity index (χ4n) is 2.45. The van der Waals surface area contributed by atoms with Gasteiger partial charge in [-0.05, 0) is 23.8 Å². The number of rotatable bonds is 4. The van der Waals surface area contributed by atoms with Gasteiger partial charge in [0.2, 0.25) is 11.8 Å². The van der Waals surface area contributed by atoms with Crippen LogP contribution in [0.1, 0.15) is 21.7 Å². The molecule has 0 radical (unpaired) electrons. The summed E-state index contributed by atoms with van der Waals surface area (Å²) >= 11 is 0. The van der Waals surface area contributed by atoms with E-state index in [1.807, 2.05) is 0 Å². The summed E-state index contributed by atoms with van der Waals surface area (Å²) in [5.41, 5.74) is -0.351. The molecule has 0 saturated heterocycles. The van der Waals surface area contributed by atoms with Gasteiger partial charge in [0.05, 0.1) is 12.1 Å². The largest absolute Gasteiger partial charge is 0.416 e. The molecule has 28 heavy (non-hydrogen) atoms. The number of carbonyl (C=O) groups excluding carboxylic acids is 1. The number of anilines is 1. The molecule has 0 fully saturated rings. The van der Waals surface area contributed by atoms with Crippen LogP contribution in [0.2, 0.25) is 0 Å². The van der Waals surface area contributed by atoms with Crippen molar-refractivity contribution in [1.29, 1.82) is 0 Å². The second-order valence-corrected chi connectivity index (χ2v) is 5.72. The first kappa shape index (κ1) is 17.6. The van der Waals surface area contributed by atoms with Crippen LogP contribution in [0.15, 0.2) is 49.1 Å². The average Bonchev–Trinajstić information content (AvgIpc) is 3.28. The van der Waals surface area contributed by atoms with Crippen molar-refractivity contribution in [2.24, 2.45) is 0 Å². The number of nitrogens with zero attached hydrogens (tertiary/aromatic N) is 7. The monoisotopic (exact) mass is 388 g/mol. The summed E-state index contributed by atoms with van der Waals surface area (Å²) in [6, 6.07) is 6.53. The Hall–Kier alpha value is -3.83. The van der Waals surface area contributed by atoms with Crippen molar-refractivity contribution in [1.82, 2.24) is 34.3 Å². The molecule has 142 valence electrons. The summed E-state index contributed by atoms with van der Waals surface area (Å²) in [5.74, 6) is -0.519. The van der Waals surface area contributed by atoms with Gasteiger partial charge >= 0.3 is 6.18 Å². The lowest BCUT2D eigenvalue weighted by Crippen LogP contribution is -2.15. The van der Waals surface area contributed by atoms with Crippen LogP contribution < -0.4 is 5.32 Å². The third-order valence-electron chi connectivity index (χ3n) is 3.68. The van der Waals surface area contributed by atoms with E-state index in [0.29, 0.717) is 5.56 Å². The molecule has 0 saturated carbocycles. The number of aromatic nitrogens is 7. The van der Waals surface area contributed by atoms with Crippen LogP contribution >= 0.6 is 0 Å². The lowest BCUT2D eigenvalue weighted by Gasteiger charge is -2.08. The second kappa shape index (κ2) is 6.72. The van der Waals surface area contributed by atoms with Crippen molar-refractivity contribution in [3.05, 3.63) is 66.0 Å². The van der Waals surface area contributed by atoms with Crippen LogP contribution in [0.5, 0.6) is 0 Å². The maximum atomic E-state index is 12.8. The Morgan fingerprint density at radius 3 is 2.79 bits per heavy atom. The molecular formula is C16H11F3N8O. The van der Waals surface area contributed by atoms with Crippen LogP contribution in [0.3, 0.4) is 0 Å². The highest BCUT2D eigenvalue weighted by atomic mass is 19.4. The van der Waals surface area contributed by atoms with E-state index >= 15 is 0 Å².